The van der Waals surface area contributed by atoms with Gasteiger partial charge in [-0.3, -0.25) is 0 Å². The van der Waals surface area contributed by atoms with E-state index in [1.165, 1.54) is 29.3 Å². The Morgan fingerprint density at radius 1 is 1.27 bits per heavy atom. The summed E-state index contributed by atoms with van der Waals surface area (Å²) < 4.78 is 2.29. The van der Waals surface area contributed by atoms with Crippen molar-refractivity contribution in [2.45, 2.75) is 45.3 Å². The van der Waals surface area contributed by atoms with E-state index < -0.39 is 0 Å². The summed E-state index contributed by atoms with van der Waals surface area (Å²) in [5, 5.41) is 13.6. The molecular weight excluding hydrogens is 274 g/mol. The van der Waals surface area contributed by atoms with Gasteiger partial charge in [-0.25, -0.2) is 0 Å². The Balaban J connectivity index is 1.52. The molecule has 0 radical (unpaired) electrons. The minimum atomic E-state index is 0.202. The number of hydrogen-bond acceptors (Lipinski definition) is 3. The van der Waals surface area contributed by atoms with Gasteiger partial charge in [0, 0.05) is 36.6 Å². The van der Waals surface area contributed by atoms with E-state index in [0.717, 1.165) is 31.2 Å². The molecule has 2 aromatic heterocycles. The number of H-pyrrole nitrogens is 1. The van der Waals surface area contributed by atoms with Gasteiger partial charge in [0.2, 0.25) is 0 Å². The van der Waals surface area contributed by atoms with Crippen molar-refractivity contribution in [3.05, 3.63) is 47.7 Å². The smallest absolute Gasteiger partial charge is 0.149 e. The van der Waals surface area contributed by atoms with E-state index in [9.17, 15) is 0 Å². The molecule has 114 valence electrons. The summed E-state index contributed by atoms with van der Waals surface area (Å²) in [5.74, 6) is 2.21. The predicted octanol–water partition coefficient (Wildman–Crippen LogP) is 2.95. The van der Waals surface area contributed by atoms with E-state index in [2.05, 4.69) is 56.3 Å². The normalized spacial score (nSPS) is 15.9. The monoisotopic (exact) mass is 295 g/mol. The summed E-state index contributed by atoms with van der Waals surface area (Å²) >= 11 is 0. The molecule has 0 amide bonds. The van der Waals surface area contributed by atoms with Crippen LogP contribution in [0.3, 0.4) is 0 Å². The van der Waals surface area contributed by atoms with Gasteiger partial charge in [0.25, 0.3) is 0 Å². The van der Waals surface area contributed by atoms with Crippen LogP contribution in [-0.2, 0) is 19.5 Å². The molecule has 0 bridgehead atoms. The van der Waals surface area contributed by atoms with Crippen LogP contribution in [0.1, 0.15) is 43.0 Å². The third-order valence-corrected chi connectivity index (χ3v) is 4.56. The summed E-state index contributed by atoms with van der Waals surface area (Å²) in [6.45, 7) is 4.05. The van der Waals surface area contributed by atoms with Crippen LogP contribution in [0.25, 0.3) is 10.9 Å². The maximum Gasteiger partial charge on any atom is 0.149 e. The fourth-order valence-electron chi connectivity index (χ4n) is 3.31. The number of nitrogens with zero attached hydrogens (tertiary/aromatic N) is 3. The van der Waals surface area contributed by atoms with Crippen LogP contribution in [0.4, 0.5) is 0 Å². The molecule has 0 saturated carbocycles. The molecule has 3 heterocycles. The first kappa shape index (κ1) is 13.5. The van der Waals surface area contributed by atoms with Crippen molar-refractivity contribution >= 4 is 10.9 Å². The van der Waals surface area contributed by atoms with Gasteiger partial charge in [0.15, 0.2) is 0 Å². The van der Waals surface area contributed by atoms with Gasteiger partial charge in [0.1, 0.15) is 11.6 Å². The van der Waals surface area contributed by atoms with Gasteiger partial charge in [-0.1, -0.05) is 12.1 Å². The second-order valence-corrected chi connectivity index (χ2v) is 6.04. The second-order valence-electron chi connectivity index (χ2n) is 6.04. The summed E-state index contributed by atoms with van der Waals surface area (Å²) in [7, 11) is 0. The molecule has 0 aliphatic carbocycles. The molecule has 1 aromatic carbocycles. The van der Waals surface area contributed by atoms with Gasteiger partial charge in [0.05, 0.1) is 6.04 Å². The fraction of sp³-hybridized carbons (Fsp3) is 0.412. The minimum Gasteiger partial charge on any atom is -0.361 e. The molecule has 5 heteroatoms. The van der Waals surface area contributed by atoms with Crippen molar-refractivity contribution in [2.75, 3.05) is 0 Å². The topological polar surface area (TPSA) is 58.5 Å². The number of benzene rings is 1. The molecule has 1 atom stereocenters. The standard InChI is InChI=1S/C17H21N5/c1-12(17-21-20-16-7-2-3-10-22(16)17)19-11-13-5-4-6-15-14(13)8-9-18-15/h4-6,8-9,12,18-19H,2-3,7,10-11H2,1H3/t12-/m0/s1. The first-order chi connectivity index (χ1) is 10.8. The molecule has 0 spiro atoms. The average Bonchev–Trinajstić information content (AvgIpc) is 3.19. The van der Waals surface area contributed by atoms with Crippen LogP contribution in [0, 0.1) is 0 Å². The molecule has 22 heavy (non-hydrogen) atoms. The Labute approximate surface area is 129 Å². The highest BCUT2D eigenvalue weighted by Gasteiger charge is 2.19. The van der Waals surface area contributed by atoms with Crippen LogP contribution in [-0.4, -0.2) is 19.7 Å². The first-order valence-corrected chi connectivity index (χ1v) is 8.03. The van der Waals surface area contributed by atoms with Gasteiger partial charge >= 0.3 is 0 Å². The van der Waals surface area contributed by atoms with Gasteiger partial charge in [-0.05, 0) is 37.5 Å². The lowest BCUT2D eigenvalue weighted by Crippen LogP contribution is -2.23. The SMILES string of the molecule is C[C@H](NCc1cccc2[nH]ccc12)c1nnc2n1CCCC2. The first-order valence-electron chi connectivity index (χ1n) is 8.03. The van der Waals surface area contributed by atoms with Crippen molar-refractivity contribution in [1.29, 1.82) is 0 Å². The quantitative estimate of drug-likeness (QED) is 0.778. The van der Waals surface area contributed by atoms with E-state index in [1.54, 1.807) is 0 Å². The molecule has 1 aliphatic heterocycles. The highest BCUT2D eigenvalue weighted by Crippen LogP contribution is 2.21. The lowest BCUT2D eigenvalue weighted by molar-refractivity contribution is 0.465. The van der Waals surface area contributed by atoms with Gasteiger partial charge < -0.3 is 14.9 Å². The highest BCUT2D eigenvalue weighted by atomic mass is 15.3. The van der Waals surface area contributed by atoms with Crippen LogP contribution >= 0.6 is 0 Å². The average molecular weight is 295 g/mol. The van der Waals surface area contributed by atoms with Crippen molar-refractivity contribution in [3.8, 4) is 0 Å². The number of nitrogens with one attached hydrogen (secondary N) is 2. The Hall–Kier alpha value is -2.14. The van der Waals surface area contributed by atoms with E-state index in [4.69, 9.17) is 0 Å². The highest BCUT2D eigenvalue weighted by molar-refractivity contribution is 5.82. The zero-order valence-electron chi connectivity index (χ0n) is 12.8. The summed E-state index contributed by atoms with van der Waals surface area (Å²) in [4.78, 5) is 3.26. The Morgan fingerprint density at radius 3 is 3.18 bits per heavy atom. The number of fused-ring (bicyclic) bond motifs is 2. The number of rotatable bonds is 4. The number of aromatic nitrogens is 4. The number of aryl methyl sites for hydroxylation is 1. The van der Waals surface area contributed by atoms with Crippen LogP contribution in [0.2, 0.25) is 0 Å². The molecule has 5 nitrogen and oxygen atoms in total. The Kier molecular flexibility index (Phi) is 3.42. The summed E-state index contributed by atoms with van der Waals surface area (Å²) in [6.07, 6.45) is 5.51. The van der Waals surface area contributed by atoms with Crippen molar-refractivity contribution in [2.24, 2.45) is 0 Å². The van der Waals surface area contributed by atoms with Crippen molar-refractivity contribution < 1.29 is 0 Å². The fourth-order valence-corrected chi connectivity index (χ4v) is 3.31. The van der Waals surface area contributed by atoms with E-state index >= 15 is 0 Å². The van der Waals surface area contributed by atoms with Crippen molar-refractivity contribution in [3.63, 3.8) is 0 Å². The zero-order chi connectivity index (χ0) is 14.9. The summed E-state index contributed by atoms with van der Waals surface area (Å²) in [5.41, 5.74) is 2.50. The lowest BCUT2D eigenvalue weighted by atomic mass is 10.1. The Bertz CT molecular complexity index is 785. The zero-order valence-corrected chi connectivity index (χ0v) is 12.8. The van der Waals surface area contributed by atoms with E-state index in [0.29, 0.717) is 0 Å². The van der Waals surface area contributed by atoms with E-state index in [1.807, 2.05) is 6.20 Å². The third-order valence-electron chi connectivity index (χ3n) is 4.56. The summed E-state index contributed by atoms with van der Waals surface area (Å²) in [6, 6.07) is 8.72. The maximum absolute atomic E-state index is 4.41. The molecule has 0 saturated heterocycles. The van der Waals surface area contributed by atoms with E-state index in [-0.39, 0.29) is 6.04 Å². The molecule has 3 aromatic rings. The van der Waals surface area contributed by atoms with Gasteiger partial charge in [-0.2, -0.15) is 0 Å². The molecule has 2 N–H and O–H groups in total. The minimum absolute atomic E-state index is 0.202. The molecular formula is C17H21N5. The van der Waals surface area contributed by atoms with Crippen LogP contribution in [0.15, 0.2) is 30.5 Å². The number of aromatic amines is 1. The number of hydrogen-bond donors (Lipinski definition) is 2. The largest absolute Gasteiger partial charge is 0.361 e. The lowest BCUT2D eigenvalue weighted by Gasteiger charge is -2.19. The van der Waals surface area contributed by atoms with Gasteiger partial charge in [-0.15, -0.1) is 10.2 Å². The molecule has 0 fully saturated rings. The van der Waals surface area contributed by atoms with Crippen LogP contribution in [0.5, 0.6) is 0 Å². The maximum atomic E-state index is 4.41. The predicted molar refractivity (Wildman–Crippen MR) is 86.5 cm³/mol. The van der Waals surface area contributed by atoms with Crippen molar-refractivity contribution in [1.82, 2.24) is 25.1 Å². The third kappa shape index (κ3) is 2.31. The molecule has 0 unspecified atom stereocenters. The Morgan fingerprint density at radius 2 is 2.23 bits per heavy atom. The molecule has 4 rings (SSSR count). The molecule has 1 aliphatic rings. The van der Waals surface area contributed by atoms with Crippen LogP contribution < -0.4 is 5.32 Å². The second kappa shape index (κ2) is 5.57.